The molecule has 0 aromatic heterocycles. The second-order valence-corrected chi connectivity index (χ2v) is 7.50. The molecule has 1 N–H and O–H groups in total. The zero-order valence-corrected chi connectivity index (χ0v) is 15.6. The molecular formula is C17H31NO6. The number of likely N-dealkylation sites (tertiary alicyclic amines) is 1. The lowest BCUT2D eigenvalue weighted by Gasteiger charge is -2.54. The first kappa shape index (κ1) is 20.9. The van der Waals surface area contributed by atoms with Gasteiger partial charge in [0.15, 0.2) is 6.10 Å². The van der Waals surface area contributed by atoms with E-state index in [0.717, 1.165) is 0 Å². The third-order valence-corrected chi connectivity index (χ3v) is 4.61. The van der Waals surface area contributed by atoms with Gasteiger partial charge in [0.25, 0.3) is 0 Å². The fourth-order valence-corrected chi connectivity index (χ4v) is 3.73. The summed E-state index contributed by atoms with van der Waals surface area (Å²) in [6.07, 6.45) is -0.106. The molecule has 0 amide bonds. The monoisotopic (exact) mass is 345 g/mol. The van der Waals surface area contributed by atoms with Crippen molar-refractivity contribution in [2.75, 3.05) is 27.4 Å². The second kappa shape index (κ2) is 8.27. The van der Waals surface area contributed by atoms with Crippen molar-refractivity contribution in [3.63, 3.8) is 0 Å². The van der Waals surface area contributed by atoms with E-state index in [0.29, 0.717) is 19.4 Å². The Bertz CT molecular complexity index is 430. The molecule has 1 aliphatic rings. The Hall–Kier alpha value is -1.18. The largest absolute Gasteiger partial charge is 0.469 e. The van der Waals surface area contributed by atoms with E-state index in [-0.39, 0.29) is 30.2 Å². The van der Waals surface area contributed by atoms with E-state index in [4.69, 9.17) is 4.74 Å². The minimum Gasteiger partial charge on any atom is -0.469 e. The number of carbonyl (C=O) groups is 2. The van der Waals surface area contributed by atoms with Crippen LogP contribution in [-0.4, -0.2) is 72.6 Å². The van der Waals surface area contributed by atoms with Crippen LogP contribution >= 0.6 is 0 Å². The topological polar surface area (TPSA) is 85.3 Å². The predicted molar refractivity (Wildman–Crippen MR) is 88.5 cm³/mol. The third-order valence-electron chi connectivity index (χ3n) is 4.61. The Balaban J connectivity index is 2.68. The van der Waals surface area contributed by atoms with Gasteiger partial charge in [-0.05, 0) is 40.5 Å². The summed E-state index contributed by atoms with van der Waals surface area (Å²) in [4.78, 5) is 25.4. The highest BCUT2D eigenvalue weighted by molar-refractivity contribution is 5.81. The molecule has 0 aromatic rings. The first-order valence-corrected chi connectivity index (χ1v) is 8.25. The maximum absolute atomic E-state index is 11.7. The summed E-state index contributed by atoms with van der Waals surface area (Å²) in [6, 6.07) is 0. The van der Waals surface area contributed by atoms with Gasteiger partial charge < -0.3 is 19.3 Å². The van der Waals surface area contributed by atoms with Gasteiger partial charge in [0.2, 0.25) is 0 Å². The minimum atomic E-state index is -0.968. The van der Waals surface area contributed by atoms with Crippen LogP contribution in [0.4, 0.5) is 0 Å². The van der Waals surface area contributed by atoms with E-state index in [1.54, 1.807) is 0 Å². The van der Waals surface area contributed by atoms with E-state index in [1.165, 1.54) is 14.2 Å². The summed E-state index contributed by atoms with van der Waals surface area (Å²) in [7, 11) is 2.52. The van der Waals surface area contributed by atoms with E-state index in [2.05, 4.69) is 42.1 Å². The van der Waals surface area contributed by atoms with Crippen LogP contribution in [0.3, 0.4) is 0 Å². The fourth-order valence-electron chi connectivity index (χ4n) is 3.73. The molecule has 1 fully saturated rings. The van der Waals surface area contributed by atoms with Gasteiger partial charge >= 0.3 is 11.9 Å². The Labute approximate surface area is 144 Å². The molecule has 0 spiro atoms. The highest BCUT2D eigenvalue weighted by Gasteiger charge is 2.44. The van der Waals surface area contributed by atoms with Crippen molar-refractivity contribution in [1.82, 2.24) is 4.90 Å². The molecule has 24 heavy (non-hydrogen) atoms. The highest BCUT2D eigenvalue weighted by Crippen LogP contribution is 2.38. The summed E-state index contributed by atoms with van der Waals surface area (Å²) in [6.45, 7) is 9.21. The number of aliphatic hydroxyl groups excluding tert-OH is 1. The Morgan fingerprint density at radius 3 is 2.12 bits per heavy atom. The van der Waals surface area contributed by atoms with Crippen molar-refractivity contribution in [3.05, 3.63) is 0 Å². The zero-order chi connectivity index (χ0) is 18.5. The summed E-state index contributed by atoms with van der Waals surface area (Å²) >= 11 is 0. The Morgan fingerprint density at radius 1 is 1.12 bits per heavy atom. The summed E-state index contributed by atoms with van der Waals surface area (Å²) in [5, 5.41) is 10.1. The molecule has 0 aliphatic carbocycles. The van der Waals surface area contributed by atoms with Crippen molar-refractivity contribution < 1.29 is 28.9 Å². The number of hydrogen-bond acceptors (Lipinski definition) is 7. The number of piperidine rings is 1. The maximum atomic E-state index is 11.7. The lowest BCUT2D eigenvalue weighted by molar-refractivity contribution is -0.162. The van der Waals surface area contributed by atoms with Gasteiger partial charge in [0, 0.05) is 17.6 Å². The molecule has 0 saturated carbocycles. The molecular weight excluding hydrogens is 314 g/mol. The van der Waals surface area contributed by atoms with E-state index in [1.807, 2.05) is 0 Å². The highest BCUT2D eigenvalue weighted by atomic mass is 16.6. The molecule has 0 aromatic carbocycles. The first-order chi connectivity index (χ1) is 11.0. The molecule has 7 heteroatoms. The lowest BCUT2D eigenvalue weighted by atomic mass is 9.78. The van der Waals surface area contributed by atoms with Gasteiger partial charge in [-0.1, -0.05) is 0 Å². The number of nitrogens with zero attached hydrogens (tertiary/aromatic N) is 1. The summed E-state index contributed by atoms with van der Waals surface area (Å²) < 4.78 is 14.9. The van der Waals surface area contributed by atoms with Crippen LogP contribution in [0.25, 0.3) is 0 Å². The smallest absolute Gasteiger partial charge is 0.335 e. The average molecular weight is 345 g/mol. The first-order valence-electron chi connectivity index (χ1n) is 8.25. The van der Waals surface area contributed by atoms with Crippen LogP contribution in [0, 0.1) is 0 Å². The molecule has 1 rings (SSSR count). The number of aliphatic hydroxyl groups is 1. The standard InChI is InChI=1S/C17H31NO6/c1-16(2)10-12(19)11-17(3,4)18(16)7-8-24-13(15(21)23-6)9-14(20)22-5/h12-13,19H,7-11H2,1-6H3. The fraction of sp³-hybridized carbons (Fsp3) is 0.882. The van der Waals surface area contributed by atoms with Crippen molar-refractivity contribution in [3.8, 4) is 0 Å². The summed E-state index contributed by atoms with van der Waals surface area (Å²) in [5.74, 6) is -1.11. The van der Waals surface area contributed by atoms with E-state index in [9.17, 15) is 14.7 Å². The molecule has 1 atom stereocenters. The van der Waals surface area contributed by atoms with Gasteiger partial charge in [0.1, 0.15) is 0 Å². The Morgan fingerprint density at radius 2 is 1.67 bits per heavy atom. The molecule has 1 saturated heterocycles. The normalized spacial score (nSPS) is 22.0. The molecule has 140 valence electrons. The number of methoxy groups -OCH3 is 2. The van der Waals surface area contributed by atoms with Gasteiger partial charge in [-0.2, -0.15) is 0 Å². The number of carbonyl (C=O) groups excluding carboxylic acids is 2. The van der Waals surface area contributed by atoms with E-state index < -0.39 is 18.0 Å². The molecule has 0 bridgehead atoms. The number of hydrogen-bond donors (Lipinski definition) is 1. The number of rotatable bonds is 7. The molecule has 1 heterocycles. The molecule has 1 aliphatic heterocycles. The van der Waals surface area contributed by atoms with Gasteiger partial charge in [-0.25, -0.2) is 4.79 Å². The lowest BCUT2D eigenvalue weighted by Crippen LogP contribution is -2.62. The quantitative estimate of drug-likeness (QED) is 0.692. The second-order valence-electron chi connectivity index (χ2n) is 7.50. The predicted octanol–water partition coefficient (Wildman–Crippen LogP) is 1.12. The number of ether oxygens (including phenoxy) is 3. The van der Waals surface area contributed by atoms with Crippen molar-refractivity contribution in [1.29, 1.82) is 0 Å². The van der Waals surface area contributed by atoms with Crippen LogP contribution in [0.1, 0.15) is 47.0 Å². The van der Waals surface area contributed by atoms with Crippen LogP contribution in [0.15, 0.2) is 0 Å². The Kier molecular flexibility index (Phi) is 7.19. The minimum absolute atomic E-state index is 0.172. The van der Waals surface area contributed by atoms with Crippen LogP contribution in [0.5, 0.6) is 0 Å². The van der Waals surface area contributed by atoms with Crippen LogP contribution in [0.2, 0.25) is 0 Å². The molecule has 0 radical (unpaired) electrons. The number of esters is 2. The SMILES string of the molecule is COC(=O)CC(OCCN1C(C)(C)CC(O)CC1(C)C)C(=O)OC. The molecule has 7 nitrogen and oxygen atoms in total. The van der Waals surface area contributed by atoms with Crippen molar-refractivity contribution in [2.24, 2.45) is 0 Å². The van der Waals surface area contributed by atoms with Crippen molar-refractivity contribution in [2.45, 2.75) is 70.2 Å². The van der Waals surface area contributed by atoms with Gasteiger partial charge in [0.05, 0.1) is 33.4 Å². The zero-order valence-electron chi connectivity index (χ0n) is 15.6. The maximum Gasteiger partial charge on any atom is 0.335 e. The van der Waals surface area contributed by atoms with Crippen LogP contribution in [-0.2, 0) is 23.8 Å². The van der Waals surface area contributed by atoms with Gasteiger partial charge in [-0.15, -0.1) is 0 Å². The summed E-state index contributed by atoms with van der Waals surface area (Å²) in [5.41, 5.74) is -0.374. The average Bonchev–Trinajstić information content (AvgIpc) is 2.46. The molecule has 1 unspecified atom stereocenters. The van der Waals surface area contributed by atoms with Crippen molar-refractivity contribution >= 4 is 11.9 Å². The third kappa shape index (κ3) is 5.43. The van der Waals surface area contributed by atoms with E-state index >= 15 is 0 Å². The van der Waals surface area contributed by atoms with Crippen LogP contribution < -0.4 is 0 Å². The van der Waals surface area contributed by atoms with Gasteiger partial charge in [-0.3, -0.25) is 9.69 Å².